The second kappa shape index (κ2) is 7.44. The van der Waals surface area contributed by atoms with Crippen LogP contribution in [-0.2, 0) is 0 Å². The molecule has 94 valence electrons. The summed E-state index contributed by atoms with van der Waals surface area (Å²) in [6, 6.07) is 1.71. The average Bonchev–Trinajstić information content (AvgIpc) is 2.34. The minimum atomic E-state index is 0.139. The van der Waals surface area contributed by atoms with Crippen LogP contribution in [0.15, 0.2) is 18.5 Å². The summed E-state index contributed by atoms with van der Waals surface area (Å²) in [6.45, 7) is 4.32. The molecule has 0 aliphatic heterocycles. The first-order valence-corrected chi connectivity index (χ1v) is 6.69. The van der Waals surface area contributed by atoms with Crippen LogP contribution in [0.5, 0.6) is 0 Å². The van der Waals surface area contributed by atoms with Crippen molar-refractivity contribution in [2.24, 2.45) is 5.92 Å². The lowest BCUT2D eigenvalue weighted by molar-refractivity contribution is 0.0957. The third-order valence-electron chi connectivity index (χ3n) is 3.09. The van der Waals surface area contributed by atoms with E-state index in [9.17, 15) is 4.79 Å². The minimum Gasteiger partial charge on any atom is -0.294 e. The topological polar surface area (TPSA) is 30.0 Å². The number of hydrogen-bond donors (Lipinski definition) is 0. The van der Waals surface area contributed by atoms with Gasteiger partial charge >= 0.3 is 0 Å². The molecule has 1 aromatic heterocycles. The number of rotatable bonds is 7. The third-order valence-corrected chi connectivity index (χ3v) is 3.39. The van der Waals surface area contributed by atoms with Crippen molar-refractivity contribution in [3.8, 4) is 0 Å². The summed E-state index contributed by atoms with van der Waals surface area (Å²) in [6.07, 6.45) is 8.29. The van der Waals surface area contributed by atoms with Gasteiger partial charge in [0.05, 0.1) is 5.02 Å². The van der Waals surface area contributed by atoms with Gasteiger partial charge in [0.25, 0.3) is 0 Å². The molecule has 0 amide bonds. The molecule has 0 aliphatic carbocycles. The molecule has 0 saturated carbocycles. The number of pyridine rings is 1. The van der Waals surface area contributed by atoms with E-state index in [1.54, 1.807) is 12.3 Å². The van der Waals surface area contributed by atoms with Gasteiger partial charge in [-0.15, -0.1) is 0 Å². The molecule has 2 nitrogen and oxygen atoms in total. The number of unbranched alkanes of at least 4 members (excludes halogenated alkanes) is 1. The summed E-state index contributed by atoms with van der Waals surface area (Å²) in [5, 5.41) is 0.461. The lowest BCUT2D eigenvalue weighted by Crippen LogP contribution is -2.09. The highest BCUT2D eigenvalue weighted by Gasteiger charge is 2.15. The summed E-state index contributed by atoms with van der Waals surface area (Å²) in [7, 11) is 0. The molecule has 3 heteroatoms. The lowest BCUT2D eigenvalue weighted by Gasteiger charge is -2.13. The maximum atomic E-state index is 12.1. The first-order valence-electron chi connectivity index (χ1n) is 6.31. The van der Waals surface area contributed by atoms with Crippen LogP contribution >= 0.6 is 11.6 Å². The normalized spacial score (nSPS) is 12.4. The van der Waals surface area contributed by atoms with Gasteiger partial charge in [0.2, 0.25) is 0 Å². The number of carbonyl (C=O) groups is 1. The first-order chi connectivity index (χ1) is 8.19. The summed E-state index contributed by atoms with van der Waals surface area (Å²) in [5.41, 5.74) is 0.608. The smallest absolute Gasteiger partial charge is 0.164 e. The Labute approximate surface area is 108 Å². The molecular formula is C14H20ClNO. The molecule has 1 unspecified atom stereocenters. The van der Waals surface area contributed by atoms with E-state index >= 15 is 0 Å². The molecule has 0 fully saturated rings. The van der Waals surface area contributed by atoms with Gasteiger partial charge in [0.1, 0.15) is 0 Å². The molecule has 0 bridgehead atoms. The molecule has 1 heterocycles. The first kappa shape index (κ1) is 14.2. The quantitative estimate of drug-likeness (QED) is 0.669. The molecule has 0 aromatic carbocycles. The number of Topliss-reactive ketones (excluding diaryl/α,β-unsaturated/α-hetero) is 1. The van der Waals surface area contributed by atoms with Gasteiger partial charge in [0.15, 0.2) is 5.78 Å². The summed E-state index contributed by atoms with van der Waals surface area (Å²) >= 11 is 5.97. The number of halogens is 1. The van der Waals surface area contributed by atoms with E-state index in [-0.39, 0.29) is 5.78 Å². The maximum absolute atomic E-state index is 12.1. The van der Waals surface area contributed by atoms with Crippen molar-refractivity contribution < 1.29 is 4.79 Å². The highest BCUT2D eigenvalue weighted by Crippen LogP contribution is 2.22. The number of carbonyl (C=O) groups excluding carboxylic acids is 1. The lowest BCUT2D eigenvalue weighted by atomic mass is 9.92. The van der Waals surface area contributed by atoms with Crippen LogP contribution in [0, 0.1) is 5.92 Å². The number of hydrogen-bond acceptors (Lipinski definition) is 2. The molecule has 17 heavy (non-hydrogen) atoms. The van der Waals surface area contributed by atoms with E-state index in [1.807, 2.05) is 0 Å². The highest BCUT2D eigenvalue weighted by atomic mass is 35.5. The Morgan fingerprint density at radius 2 is 2.24 bits per heavy atom. The van der Waals surface area contributed by atoms with Crippen LogP contribution in [0.3, 0.4) is 0 Å². The van der Waals surface area contributed by atoms with Gasteiger partial charge < -0.3 is 0 Å². The van der Waals surface area contributed by atoms with Crippen LogP contribution in [0.4, 0.5) is 0 Å². The second-order valence-corrected chi connectivity index (χ2v) is 4.81. The Balaban J connectivity index is 2.61. The Kier molecular flexibility index (Phi) is 6.20. The van der Waals surface area contributed by atoms with Crippen molar-refractivity contribution in [2.45, 2.75) is 46.0 Å². The van der Waals surface area contributed by atoms with Gasteiger partial charge in [0, 0.05) is 24.4 Å². The largest absolute Gasteiger partial charge is 0.294 e. The van der Waals surface area contributed by atoms with E-state index in [1.165, 1.54) is 19.0 Å². The number of nitrogens with zero attached hydrogens (tertiary/aromatic N) is 1. The zero-order chi connectivity index (χ0) is 12.7. The monoisotopic (exact) mass is 253 g/mol. The molecular weight excluding hydrogens is 234 g/mol. The van der Waals surface area contributed by atoms with Crippen molar-refractivity contribution in [1.29, 1.82) is 0 Å². The molecule has 1 rings (SSSR count). The van der Waals surface area contributed by atoms with Crippen LogP contribution in [0.2, 0.25) is 5.02 Å². The molecule has 0 saturated heterocycles. The fraction of sp³-hybridized carbons (Fsp3) is 0.571. The molecule has 0 radical (unpaired) electrons. The van der Waals surface area contributed by atoms with Crippen LogP contribution in [-0.4, -0.2) is 10.8 Å². The molecule has 1 atom stereocenters. The predicted octanol–water partition coefficient (Wildman–Crippen LogP) is 4.52. The van der Waals surface area contributed by atoms with Crippen LogP contribution in [0.1, 0.15) is 56.3 Å². The van der Waals surface area contributed by atoms with E-state index in [2.05, 4.69) is 18.8 Å². The zero-order valence-corrected chi connectivity index (χ0v) is 11.3. The summed E-state index contributed by atoms with van der Waals surface area (Å²) < 4.78 is 0. The number of aromatic nitrogens is 1. The Hall–Kier alpha value is -0.890. The molecule has 0 N–H and O–H groups in total. The van der Waals surface area contributed by atoms with Gasteiger partial charge in [-0.1, -0.05) is 51.1 Å². The second-order valence-electron chi connectivity index (χ2n) is 4.40. The fourth-order valence-corrected chi connectivity index (χ4v) is 2.14. The van der Waals surface area contributed by atoms with Gasteiger partial charge in [-0.05, 0) is 12.0 Å². The van der Waals surface area contributed by atoms with Gasteiger partial charge in [-0.25, -0.2) is 0 Å². The molecule has 0 spiro atoms. The fourth-order valence-electron chi connectivity index (χ4n) is 1.92. The SMILES string of the molecule is CCCCC(CC)CC(=O)c1ccncc1Cl. The van der Waals surface area contributed by atoms with E-state index in [4.69, 9.17) is 11.6 Å². The summed E-state index contributed by atoms with van der Waals surface area (Å²) in [5.74, 6) is 0.618. The van der Waals surface area contributed by atoms with Crippen molar-refractivity contribution in [3.63, 3.8) is 0 Å². The number of ketones is 1. The van der Waals surface area contributed by atoms with E-state index < -0.39 is 0 Å². The minimum absolute atomic E-state index is 0.139. The van der Waals surface area contributed by atoms with Crippen LogP contribution < -0.4 is 0 Å². The maximum Gasteiger partial charge on any atom is 0.164 e. The zero-order valence-electron chi connectivity index (χ0n) is 10.6. The van der Waals surface area contributed by atoms with Crippen molar-refractivity contribution in [3.05, 3.63) is 29.0 Å². The third kappa shape index (κ3) is 4.47. The summed E-state index contributed by atoms with van der Waals surface area (Å²) in [4.78, 5) is 16.0. The Morgan fingerprint density at radius 3 is 2.82 bits per heavy atom. The highest BCUT2D eigenvalue weighted by molar-refractivity contribution is 6.33. The van der Waals surface area contributed by atoms with E-state index in [0.717, 1.165) is 12.8 Å². The van der Waals surface area contributed by atoms with Gasteiger partial charge in [-0.3, -0.25) is 9.78 Å². The predicted molar refractivity (Wildman–Crippen MR) is 71.5 cm³/mol. The van der Waals surface area contributed by atoms with Crippen molar-refractivity contribution in [1.82, 2.24) is 4.98 Å². The Morgan fingerprint density at radius 1 is 1.47 bits per heavy atom. The standard InChI is InChI=1S/C14H20ClNO/c1-3-5-6-11(4-2)9-14(17)12-7-8-16-10-13(12)15/h7-8,10-11H,3-6,9H2,1-2H3. The Bertz CT molecular complexity index is 365. The molecule has 0 aliphatic rings. The van der Waals surface area contributed by atoms with Crippen LogP contribution in [0.25, 0.3) is 0 Å². The van der Waals surface area contributed by atoms with Crippen molar-refractivity contribution >= 4 is 17.4 Å². The average molecular weight is 254 g/mol. The molecule has 1 aromatic rings. The van der Waals surface area contributed by atoms with Gasteiger partial charge in [-0.2, -0.15) is 0 Å². The van der Waals surface area contributed by atoms with Crippen molar-refractivity contribution in [2.75, 3.05) is 0 Å². The van der Waals surface area contributed by atoms with E-state index in [0.29, 0.717) is 22.9 Å².